The molecule has 2 aromatic carbocycles. The van der Waals surface area contributed by atoms with Gasteiger partial charge in [0.05, 0.1) is 5.92 Å². The first-order valence-electron chi connectivity index (χ1n) is 8.97. The summed E-state index contributed by atoms with van der Waals surface area (Å²) >= 11 is 0. The number of hydrogen-bond donors (Lipinski definition) is 2. The number of hydrogen-bond acceptors (Lipinski definition) is 4. The molecule has 2 amide bonds. The van der Waals surface area contributed by atoms with Gasteiger partial charge in [0.25, 0.3) is 0 Å². The number of amides is 2. The van der Waals surface area contributed by atoms with Crippen molar-refractivity contribution in [1.29, 1.82) is 0 Å². The van der Waals surface area contributed by atoms with Crippen LogP contribution in [0.25, 0.3) is 0 Å². The van der Waals surface area contributed by atoms with Gasteiger partial charge >= 0.3 is 5.97 Å². The van der Waals surface area contributed by atoms with E-state index >= 15 is 0 Å². The van der Waals surface area contributed by atoms with Crippen molar-refractivity contribution in [3.05, 3.63) is 53.6 Å². The lowest BCUT2D eigenvalue weighted by Crippen LogP contribution is -2.28. The molecule has 0 saturated carbocycles. The first kappa shape index (κ1) is 19.4. The van der Waals surface area contributed by atoms with Crippen LogP contribution in [0.3, 0.4) is 0 Å². The van der Waals surface area contributed by atoms with Crippen molar-refractivity contribution in [2.24, 2.45) is 5.92 Å². The molecule has 1 aliphatic heterocycles. The monoisotopic (exact) mass is 382 g/mol. The second-order valence-corrected chi connectivity index (χ2v) is 6.82. The van der Waals surface area contributed by atoms with Crippen LogP contribution in [0.15, 0.2) is 42.5 Å². The summed E-state index contributed by atoms with van der Waals surface area (Å²) in [5.41, 5.74) is 3.54. The minimum atomic E-state index is -1.06. The molecule has 146 valence electrons. The third-order valence-corrected chi connectivity index (χ3v) is 4.85. The van der Waals surface area contributed by atoms with Crippen LogP contribution in [-0.2, 0) is 14.4 Å². The molecule has 3 rings (SSSR count). The van der Waals surface area contributed by atoms with Gasteiger partial charge < -0.3 is 20.1 Å². The fraction of sp³-hybridized carbons (Fsp3) is 0.286. The van der Waals surface area contributed by atoms with Crippen LogP contribution >= 0.6 is 0 Å². The van der Waals surface area contributed by atoms with Crippen molar-refractivity contribution in [1.82, 2.24) is 0 Å². The first-order chi connectivity index (χ1) is 13.3. The van der Waals surface area contributed by atoms with E-state index in [1.807, 2.05) is 32.0 Å². The molecule has 0 bridgehead atoms. The minimum absolute atomic E-state index is 0.0636. The number of carbonyl (C=O) groups excluding carboxylic acids is 2. The average molecular weight is 382 g/mol. The van der Waals surface area contributed by atoms with Crippen LogP contribution in [0.2, 0.25) is 0 Å². The van der Waals surface area contributed by atoms with Gasteiger partial charge in [0.1, 0.15) is 5.75 Å². The number of benzene rings is 2. The summed E-state index contributed by atoms with van der Waals surface area (Å²) in [6.45, 7) is 3.88. The molecule has 1 unspecified atom stereocenters. The second-order valence-electron chi connectivity index (χ2n) is 6.82. The van der Waals surface area contributed by atoms with E-state index in [1.54, 1.807) is 29.2 Å². The molecule has 28 heavy (non-hydrogen) atoms. The highest BCUT2D eigenvalue weighted by molar-refractivity contribution is 6.03. The maximum atomic E-state index is 12.6. The molecule has 2 N–H and O–H groups in total. The molecule has 0 aliphatic carbocycles. The van der Waals surface area contributed by atoms with Crippen molar-refractivity contribution in [2.45, 2.75) is 20.3 Å². The molecule has 0 radical (unpaired) electrons. The minimum Gasteiger partial charge on any atom is -0.482 e. The molecule has 1 aliphatic rings. The lowest BCUT2D eigenvalue weighted by molar-refractivity contribution is -0.139. The van der Waals surface area contributed by atoms with Crippen molar-refractivity contribution < 1.29 is 24.2 Å². The summed E-state index contributed by atoms with van der Waals surface area (Å²) in [7, 11) is 0. The van der Waals surface area contributed by atoms with Gasteiger partial charge in [-0.05, 0) is 55.3 Å². The number of nitrogens with zero attached hydrogens (tertiary/aromatic N) is 1. The van der Waals surface area contributed by atoms with Gasteiger partial charge in [-0.15, -0.1) is 0 Å². The Bertz CT molecular complexity index is 908. The average Bonchev–Trinajstić information content (AvgIpc) is 3.05. The SMILES string of the molecule is Cc1cccc(N2CC(C(=O)Nc3ccc(OCC(=O)O)cc3)CC2=O)c1C. The number of carboxylic acid groups (broad SMARTS) is 1. The number of rotatable bonds is 6. The van der Waals surface area contributed by atoms with Crippen LogP contribution in [0.1, 0.15) is 17.5 Å². The van der Waals surface area contributed by atoms with Crippen LogP contribution in [0.4, 0.5) is 11.4 Å². The smallest absolute Gasteiger partial charge is 0.341 e. The topological polar surface area (TPSA) is 95.9 Å². The Morgan fingerprint density at radius 2 is 1.89 bits per heavy atom. The molecule has 7 nitrogen and oxygen atoms in total. The Labute approximate surface area is 162 Å². The molecular formula is C21H22N2O5. The van der Waals surface area contributed by atoms with E-state index in [-0.39, 0.29) is 18.2 Å². The van der Waals surface area contributed by atoms with Gasteiger partial charge in [0.15, 0.2) is 6.61 Å². The van der Waals surface area contributed by atoms with E-state index in [9.17, 15) is 14.4 Å². The van der Waals surface area contributed by atoms with E-state index in [2.05, 4.69) is 5.32 Å². The normalized spacial score (nSPS) is 16.1. The molecule has 1 heterocycles. The maximum absolute atomic E-state index is 12.6. The Morgan fingerprint density at radius 3 is 2.57 bits per heavy atom. The van der Waals surface area contributed by atoms with E-state index in [1.165, 1.54) is 0 Å². The zero-order chi connectivity index (χ0) is 20.3. The summed E-state index contributed by atoms with van der Waals surface area (Å²) < 4.78 is 5.06. The van der Waals surface area contributed by atoms with Crippen LogP contribution in [0.5, 0.6) is 5.75 Å². The van der Waals surface area contributed by atoms with Crippen molar-refractivity contribution in [3.8, 4) is 5.75 Å². The predicted molar refractivity (Wildman–Crippen MR) is 105 cm³/mol. The third kappa shape index (κ3) is 4.31. The fourth-order valence-electron chi connectivity index (χ4n) is 3.17. The van der Waals surface area contributed by atoms with Crippen molar-refractivity contribution in [3.63, 3.8) is 0 Å². The van der Waals surface area contributed by atoms with Crippen LogP contribution < -0.4 is 15.0 Å². The maximum Gasteiger partial charge on any atom is 0.341 e. The van der Waals surface area contributed by atoms with E-state index in [0.29, 0.717) is 18.0 Å². The number of nitrogens with one attached hydrogen (secondary N) is 1. The highest BCUT2D eigenvalue weighted by Crippen LogP contribution is 2.30. The van der Waals surface area contributed by atoms with Gasteiger partial charge in [-0.25, -0.2) is 4.79 Å². The zero-order valence-electron chi connectivity index (χ0n) is 15.8. The molecule has 0 spiro atoms. The zero-order valence-corrected chi connectivity index (χ0v) is 15.8. The Hall–Kier alpha value is -3.35. The molecular weight excluding hydrogens is 360 g/mol. The third-order valence-electron chi connectivity index (χ3n) is 4.85. The first-order valence-corrected chi connectivity index (χ1v) is 8.97. The second kappa shape index (κ2) is 8.12. The van der Waals surface area contributed by atoms with Gasteiger partial charge in [-0.1, -0.05) is 12.1 Å². The standard InChI is InChI=1S/C21H22N2O5/c1-13-4-3-5-18(14(13)2)23-11-15(10-19(23)24)21(27)22-16-6-8-17(9-7-16)28-12-20(25)26/h3-9,15H,10-12H2,1-2H3,(H,22,27)(H,25,26). The predicted octanol–water partition coefficient (Wildman–Crippen LogP) is 2.76. The lowest BCUT2D eigenvalue weighted by atomic mass is 10.1. The highest BCUT2D eigenvalue weighted by Gasteiger charge is 2.35. The van der Waals surface area contributed by atoms with Gasteiger partial charge in [-0.2, -0.15) is 0 Å². The van der Waals surface area contributed by atoms with Crippen molar-refractivity contribution >= 4 is 29.2 Å². The number of aryl methyl sites for hydroxylation is 1. The fourth-order valence-corrected chi connectivity index (χ4v) is 3.17. The van der Waals surface area contributed by atoms with Crippen LogP contribution in [0, 0.1) is 19.8 Å². The number of ether oxygens (including phenoxy) is 1. The Kier molecular flexibility index (Phi) is 5.63. The molecule has 1 atom stereocenters. The van der Waals surface area contributed by atoms with E-state index in [0.717, 1.165) is 16.8 Å². The highest BCUT2D eigenvalue weighted by atomic mass is 16.5. The number of aliphatic carboxylic acids is 1. The summed E-state index contributed by atoms with van der Waals surface area (Å²) in [5, 5.41) is 11.4. The Balaban J connectivity index is 1.63. The summed E-state index contributed by atoms with van der Waals surface area (Å²) in [5.74, 6) is -1.38. The van der Waals surface area contributed by atoms with Gasteiger partial charge in [0, 0.05) is 24.3 Å². The van der Waals surface area contributed by atoms with Gasteiger partial charge in [-0.3, -0.25) is 9.59 Å². The van der Waals surface area contributed by atoms with Gasteiger partial charge in [0.2, 0.25) is 11.8 Å². The molecule has 2 aromatic rings. The Morgan fingerprint density at radius 1 is 1.18 bits per heavy atom. The molecule has 0 aromatic heterocycles. The summed E-state index contributed by atoms with van der Waals surface area (Å²) in [4.78, 5) is 37.2. The number of carboxylic acids is 1. The molecule has 1 saturated heterocycles. The lowest BCUT2D eigenvalue weighted by Gasteiger charge is -2.20. The molecule has 1 fully saturated rings. The summed E-state index contributed by atoms with van der Waals surface area (Å²) in [6.07, 6.45) is 0.166. The van der Waals surface area contributed by atoms with Crippen LogP contribution in [-0.4, -0.2) is 36.0 Å². The number of carbonyl (C=O) groups is 3. The quantitative estimate of drug-likeness (QED) is 0.801. The summed E-state index contributed by atoms with van der Waals surface area (Å²) in [6, 6.07) is 12.2. The van der Waals surface area contributed by atoms with E-state index < -0.39 is 18.5 Å². The molecule has 7 heteroatoms. The van der Waals surface area contributed by atoms with Crippen molar-refractivity contribution in [2.75, 3.05) is 23.4 Å². The number of anilines is 2. The van der Waals surface area contributed by atoms with E-state index in [4.69, 9.17) is 9.84 Å². The largest absolute Gasteiger partial charge is 0.482 e.